The van der Waals surface area contributed by atoms with Crippen molar-refractivity contribution in [2.24, 2.45) is 5.73 Å². The summed E-state index contributed by atoms with van der Waals surface area (Å²) in [5.74, 6) is 0.467. The minimum absolute atomic E-state index is 0.467. The third-order valence-electron chi connectivity index (χ3n) is 2.70. The summed E-state index contributed by atoms with van der Waals surface area (Å²) in [7, 11) is 0. The van der Waals surface area contributed by atoms with Crippen LogP contribution in [0.3, 0.4) is 0 Å². The van der Waals surface area contributed by atoms with Gasteiger partial charge in [0, 0.05) is 5.39 Å². The van der Waals surface area contributed by atoms with Gasteiger partial charge in [-0.1, -0.05) is 24.6 Å². The first kappa shape index (κ1) is 10.5. The normalized spacial score (nSPS) is 13.3. The Kier molecular flexibility index (Phi) is 2.93. The lowest BCUT2D eigenvalue weighted by Crippen LogP contribution is -2.04. The molecule has 0 bridgehead atoms. The van der Waals surface area contributed by atoms with Crippen LogP contribution in [0.25, 0.3) is 10.9 Å². The number of nitrogens with one attached hydrogen (secondary N) is 1. The van der Waals surface area contributed by atoms with Crippen molar-refractivity contribution in [2.75, 3.05) is 6.54 Å². The zero-order chi connectivity index (χ0) is 10.8. The Bertz CT molecular complexity index is 464. The number of fused-ring (bicyclic) bond motifs is 1. The van der Waals surface area contributed by atoms with Crippen molar-refractivity contribution in [3.63, 3.8) is 0 Å². The number of nitrogens with zero attached hydrogens (tertiary/aromatic N) is 1. The molecule has 0 spiro atoms. The zero-order valence-corrected chi connectivity index (χ0v) is 9.38. The fraction of sp³-hybridized carbons (Fsp3) is 0.364. The molecule has 0 saturated heterocycles. The summed E-state index contributed by atoms with van der Waals surface area (Å²) in [6.45, 7) is 2.88. The Morgan fingerprint density at radius 2 is 2.33 bits per heavy atom. The molecule has 1 heterocycles. The van der Waals surface area contributed by atoms with E-state index in [0.29, 0.717) is 17.6 Å². The quantitative estimate of drug-likeness (QED) is 0.841. The molecule has 1 aromatic carbocycles. The predicted molar refractivity (Wildman–Crippen MR) is 63.2 cm³/mol. The molecular weight excluding hydrogens is 210 g/mol. The van der Waals surface area contributed by atoms with Crippen LogP contribution in [0.1, 0.15) is 24.8 Å². The molecule has 0 fully saturated rings. The van der Waals surface area contributed by atoms with Crippen LogP contribution in [0.5, 0.6) is 0 Å². The summed E-state index contributed by atoms with van der Waals surface area (Å²) in [6, 6.07) is 6.16. The molecule has 1 unspecified atom stereocenters. The Hall–Kier alpha value is -1.06. The fourth-order valence-electron chi connectivity index (χ4n) is 1.72. The third kappa shape index (κ3) is 1.98. The maximum absolute atomic E-state index is 5.93. The summed E-state index contributed by atoms with van der Waals surface area (Å²) in [5, 5.41) is 8.47. The monoisotopic (exact) mass is 223 g/mol. The van der Waals surface area contributed by atoms with Gasteiger partial charge in [0.05, 0.1) is 5.52 Å². The number of H-pyrrole nitrogens is 1. The van der Waals surface area contributed by atoms with Crippen molar-refractivity contribution in [2.45, 2.75) is 19.3 Å². The van der Waals surface area contributed by atoms with E-state index in [1.165, 1.54) is 5.56 Å². The zero-order valence-electron chi connectivity index (χ0n) is 8.63. The Balaban J connectivity index is 2.38. The molecule has 2 rings (SSSR count). The van der Waals surface area contributed by atoms with Gasteiger partial charge in [0.15, 0.2) is 0 Å². The fourth-order valence-corrected chi connectivity index (χ4v) is 1.92. The van der Waals surface area contributed by atoms with E-state index in [4.69, 9.17) is 17.3 Å². The highest BCUT2D eigenvalue weighted by molar-refractivity contribution is 6.34. The molecule has 0 aliphatic heterocycles. The van der Waals surface area contributed by atoms with Crippen LogP contribution < -0.4 is 5.73 Å². The Labute approximate surface area is 93.6 Å². The number of aromatic nitrogens is 2. The number of hydrogen-bond acceptors (Lipinski definition) is 2. The van der Waals surface area contributed by atoms with Gasteiger partial charge < -0.3 is 5.73 Å². The molecule has 3 nitrogen and oxygen atoms in total. The van der Waals surface area contributed by atoms with Gasteiger partial charge in [-0.2, -0.15) is 5.10 Å². The molecule has 15 heavy (non-hydrogen) atoms. The second-order valence-corrected chi connectivity index (χ2v) is 4.17. The van der Waals surface area contributed by atoms with Crippen LogP contribution in [0.2, 0.25) is 5.15 Å². The van der Waals surface area contributed by atoms with E-state index in [2.05, 4.69) is 29.3 Å². The number of hydrogen-bond donors (Lipinski definition) is 2. The number of benzene rings is 1. The van der Waals surface area contributed by atoms with Gasteiger partial charge in [-0.25, -0.2) is 0 Å². The highest BCUT2D eigenvalue weighted by Crippen LogP contribution is 2.25. The van der Waals surface area contributed by atoms with Gasteiger partial charge >= 0.3 is 0 Å². The number of aromatic amines is 1. The van der Waals surface area contributed by atoms with E-state index in [-0.39, 0.29) is 0 Å². The molecule has 0 aliphatic carbocycles. The molecule has 1 atom stereocenters. The minimum atomic E-state index is 0.467. The highest BCUT2D eigenvalue weighted by atomic mass is 35.5. The summed E-state index contributed by atoms with van der Waals surface area (Å²) < 4.78 is 0. The van der Waals surface area contributed by atoms with Gasteiger partial charge in [0.1, 0.15) is 5.15 Å². The van der Waals surface area contributed by atoms with Crippen LogP contribution in [0, 0.1) is 0 Å². The van der Waals surface area contributed by atoms with E-state index in [1.807, 2.05) is 6.07 Å². The average Bonchev–Trinajstić information content (AvgIpc) is 2.60. The van der Waals surface area contributed by atoms with Crippen LogP contribution in [0.15, 0.2) is 18.2 Å². The van der Waals surface area contributed by atoms with E-state index in [0.717, 1.165) is 17.3 Å². The maximum Gasteiger partial charge on any atom is 0.132 e. The van der Waals surface area contributed by atoms with E-state index >= 15 is 0 Å². The molecule has 0 aliphatic rings. The molecule has 0 saturated carbocycles. The second kappa shape index (κ2) is 4.21. The summed E-state index contributed by atoms with van der Waals surface area (Å²) >= 11 is 5.93. The molecular formula is C11H14ClN3. The van der Waals surface area contributed by atoms with Crippen molar-refractivity contribution in [3.8, 4) is 0 Å². The van der Waals surface area contributed by atoms with Gasteiger partial charge in [0.2, 0.25) is 0 Å². The molecule has 3 N–H and O–H groups in total. The number of nitrogens with two attached hydrogens (primary N) is 1. The van der Waals surface area contributed by atoms with Crippen LogP contribution in [0.4, 0.5) is 0 Å². The van der Waals surface area contributed by atoms with Gasteiger partial charge in [-0.15, -0.1) is 0 Å². The predicted octanol–water partition coefficient (Wildman–Crippen LogP) is 2.67. The van der Waals surface area contributed by atoms with Crippen LogP contribution >= 0.6 is 11.6 Å². The van der Waals surface area contributed by atoms with Crippen molar-refractivity contribution in [1.82, 2.24) is 10.2 Å². The molecule has 1 aromatic heterocycles. The summed E-state index contributed by atoms with van der Waals surface area (Å²) in [5.41, 5.74) is 7.72. The van der Waals surface area contributed by atoms with E-state index in [1.54, 1.807) is 0 Å². The van der Waals surface area contributed by atoms with Crippen molar-refractivity contribution in [3.05, 3.63) is 28.9 Å². The molecule has 0 amide bonds. The minimum Gasteiger partial charge on any atom is -0.330 e. The SMILES string of the molecule is CC(CCN)c1ccc2c(Cl)[nH]nc2c1. The number of halogens is 1. The lowest BCUT2D eigenvalue weighted by atomic mass is 9.97. The van der Waals surface area contributed by atoms with Crippen LogP contribution in [-0.2, 0) is 0 Å². The molecule has 2 aromatic rings. The second-order valence-electron chi connectivity index (χ2n) is 3.79. The lowest BCUT2D eigenvalue weighted by molar-refractivity contribution is 0.691. The first-order chi connectivity index (χ1) is 7.22. The van der Waals surface area contributed by atoms with E-state index < -0.39 is 0 Å². The number of rotatable bonds is 3. The first-order valence-electron chi connectivity index (χ1n) is 5.06. The van der Waals surface area contributed by atoms with Gasteiger partial charge in [-0.3, -0.25) is 5.10 Å². The molecule has 80 valence electrons. The maximum atomic E-state index is 5.93. The third-order valence-corrected chi connectivity index (χ3v) is 2.99. The smallest absolute Gasteiger partial charge is 0.132 e. The largest absolute Gasteiger partial charge is 0.330 e. The van der Waals surface area contributed by atoms with Crippen LogP contribution in [-0.4, -0.2) is 16.7 Å². The van der Waals surface area contributed by atoms with Crippen molar-refractivity contribution in [1.29, 1.82) is 0 Å². The summed E-state index contributed by atoms with van der Waals surface area (Å²) in [4.78, 5) is 0. The van der Waals surface area contributed by atoms with E-state index in [9.17, 15) is 0 Å². The average molecular weight is 224 g/mol. The highest BCUT2D eigenvalue weighted by Gasteiger charge is 2.08. The van der Waals surface area contributed by atoms with Crippen molar-refractivity contribution >= 4 is 22.5 Å². The Morgan fingerprint density at radius 3 is 3.07 bits per heavy atom. The Morgan fingerprint density at radius 1 is 1.53 bits per heavy atom. The van der Waals surface area contributed by atoms with Crippen molar-refractivity contribution < 1.29 is 0 Å². The standard InChI is InChI=1S/C11H14ClN3/c1-7(4-5-13)8-2-3-9-10(6-8)14-15-11(9)12/h2-3,6-7H,4-5,13H2,1H3,(H,14,15). The summed E-state index contributed by atoms with van der Waals surface area (Å²) in [6.07, 6.45) is 0.990. The van der Waals surface area contributed by atoms with Gasteiger partial charge in [0.25, 0.3) is 0 Å². The molecule has 4 heteroatoms. The lowest BCUT2D eigenvalue weighted by Gasteiger charge is -2.09. The van der Waals surface area contributed by atoms with Gasteiger partial charge in [-0.05, 0) is 36.6 Å². The first-order valence-corrected chi connectivity index (χ1v) is 5.43. The topological polar surface area (TPSA) is 54.7 Å². The molecule has 0 radical (unpaired) electrons.